The molecule has 1 saturated heterocycles. The zero-order valence-electron chi connectivity index (χ0n) is 14.2. The molecule has 1 fully saturated rings. The second-order valence-corrected chi connectivity index (χ2v) is 6.94. The minimum Gasteiger partial charge on any atom is -0.361 e. The lowest BCUT2D eigenvalue weighted by atomic mass is 9.89. The van der Waals surface area contributed by atoms with E-state index in [0.29, 0.717) is 32.4 Å². The number of anilines is 1. The van der Waals surface area contributed by atoms with E-state index in [-0.39, 0.29) is 23.7 Å². The SMILES string of the molecule is Cc1cc(C2CN(C(=O)CCC3Cc4ccccc4NC3=O)C2)no1. The van der Waals surface area contributed by atoms with E-state index >= 15 is 0 Å². The largest absolute Gasteiger partial charge is 0.361 e. The number of aryl methyl sites for hydroxylation is 1. The van der Waals surface area contributed by atoms with Crippen LogP contribution in [0.25, 0.3) is 0 Å². The predicted octanol–water partition coefficient (Wildman–Crippen LogP) is 2.50. The number of nitrogens with zero attached hydrogens (tertiary/aromatic N) is 2. The first-order chi connectivity index (χ1) is 12.1. The number of para-hydroxylation sites is 1. The van der Waals surface area contributed by atoms with E-state index in [1.807, 2.05) is 42.2 Å². The highest BCUT2D eigenvalue weighted by Gasteiger charge is 2.34. The van der Waals surface area contributed by atoms with Crippen molar-refractivity contribution in [3.05, 3.63) is 47.3 Å². The zero-order chi connectivity index (χ0) is 17.4. The molecule has 1 aromatic heterocycles. The maximum Gasteiger partial charge on any atom is 0.227 e. The van der Waals surface area contributed by atoms with Gasteiger partial charge in [-0.3, -0.25) is 9.59 Å². The summed E-state index contributed by atoms with van der Waals surface area (Å²) in [7, 11) is 0. The summed E-state index contributed by atoms with van der Waals surface area (Å²) in [5.41, 5.74) is 2.96. The third-order valence-corrected chi connectivity index (χ3v) is 5.12. The molecule has 1 unspecified atom stereocenters. The van der Waals surface area contributed by atoms with Gasteiger partial charge in [0.15, 0.2) is 0 Å². The van der Waals surface area contributed by atoms with Gasteiger partial charge in [0.05, 0.1) is 5.69 Å². The standard InChI is InChI=1S/C19H21N3O3/c1-12-8-17(21-25-12)15-10-22(11-15)18(23)7-6-14-9-13-4-2-3-5-16(13)20-19(14)24/h2-5,8,14-15H,6-7,9-11H2,1H3,(H,20,24). The number of fused-ring (bicyclic) bond motifs is 1. The lowest BCUT2D eigenvalue weighted by molar-refractivity contribution is -0.136. The second kappa shape index (κ2) is 6.35. The third-order valence-electron chi connectivity index (χ3n) is 5.12. The van der Waals surface area contributed by atoms with Gasteiger partial charge in [0, 0.05) is 43.1 Å². The predicted molar refractivity (Wildman–Crippen MR) is 92.1 cm³/mol. The zero-order valence-corrected chi connectivity index (χ0v) is 14.2. The number of carbonyl (C=O) groups is 2. The first-order valence-electron chi connectivity index (χ1n) is 8.70. The van der Waals surface area contributed by atoms with Crippen molar-refractivity contribution in [2.24, 2.45) is 5.92 Å². The molecule has 0 aliphatic carbocycles. The molecule has 1 atom stereocenters. The van der Waals surface area contributed by atoms with Crippen LogP contribution < -0.4 is 5.32 Å². The minimum atomic E-state index is -0.130. The van der Waals surface area contributed by atoms with E-state index in [1.165, 1.54) is 0 Å². The Kier molecular flexibility index (Phi) is 4.03. The molecule has 4 rings (SSSR count). The number of nitrogens with one attached hydrogen (secondary N) is 1. The van der Waals surface area contributed by atoms with Crippen LogP contribution in [0.1, 0.15) is 35.8 Å². The topological polar surface area (TPSA) is 75.4 Å². The lowest BCUT2D eigenvalue weighted by Crippen LogP contribution is -2.48. The van der Waals surface area contributed by atoms with Crippen molar-refractivity contribution < 1.29 is 14.1 Å². The van der Waals surface area contributed by atoms with Crippen molar-refractivity contribution in [1.29, 1.82) is 0 Å². The molecule has 2 aliphatic heterocycles. The first kappa shape index (κ1) is 15.9. The highest BCUT2D eigenvalue weighted by atomic mass is 16.5. The molecule has 0 spiro atoms. The molecule has 6 nitrogen and oxygen atoms in total. The molecule has 3 heterocycles. The maximum absolute atomic E-state index is 12.4. The number of likely N-dealkylation sites (tertiary alicyclic amines) is 1. The number of carbonyl (C=O) groups excluding carboxylic acids is 2. The van der Waals surface area contributed by atoms with Gasteiger partial charge >= 0.3 is 0 Å². The monoisotopic (exact) mass is 339 g/mol. The minimum absolute atomic E-state index is 0.0195. The summed E-state index contributed by atoms with van der Waals surface area (Å²) in [6.07, 6.45) is 1.70. The fourth-order valence-electron chi connectivity index (χ4n) is 3.55. The number of hydrogen-bond acceptors (Lipinski definition) is 4. The number of benzene rings is 1. The van der Waals surface area contributed by atoms with Crippen LogP contribution in [0.4, 0.5) is 5.69 Å². The van der Waals surface area contributed by atoms with Crippen molar-refractivity contribution in [3.63, 3.8) is 0 Å². The summed E-state index contributed by atoms with van der Waals surface area (Å²) in [6.45, 7) is 3.24. The van der Waals surface area contributed by atoms with Crippen LogP contribution in [0.5, 0.6) is 0 Å². The molecule has 2 aliphatic rings. The Labute approximate surface area is 146 Å². The van der Waals surface area contributed by atoms with Gasteiger partial charge in [0.2, 0.25) is 11.8 Å². The number of aromatic nitrogens is 1. The van der Waals surface area contributed by atoms with E-state index in [2.05, 4.69) is 10.5 Å². The van der Waals surface area contributed by atoms with Crippen molar-refractivity contribution in [2.45, 2.75) is 32.1 Å². The molecule has 2 aromatic rings. The highest BCUT2D eigenvalue weighted by molar-refractivity contribution is 5.96. The fourth-order valence-corrected chi connectivity index (χ4v) is 3.55. The van der Waals surface area contributed by atoms with Gasteiger partial charge in [0.1, 0.15) is 5.76 Å². The van der Waals surface area contributed by atoms with Crippen LogP contribution in [0, 0.1) is 12.8 Å². The number of amides is 2. The Hall–Kier alpha value is -2.63. The summed E-state index contributed by atoms with van der Waals surface area (Å²) in [5.74, 6) is 1.07. The van der Waals surface area contributed by atoms with E-state index in [0.717, 1.165) is 22.7 Å². The average molecular weight is 339 g/mol. The summed E-state index contributed by atoms with van der Waals surface area (Å²) < 4.78 is 5.09. The molecule has 1 N–H and O–H groups in total. The van der Waals surface area contributed by atoms with Crippen molar-refractivity contribution in [1.82, 2.24) is 10.1 Å². The van der Waals surface area contributed by atoms with Gasteiger partial charge in [-0.15, -0.1) is 0 Å². The van der Waals surface area contributed by atoms with Crippen molar-refractivity contribution in [2.75, 3.05) is 18.4 Å². The lowest BCUT2D eigenvalue weighted by Gasteiger charge is -2.38. The summed E-state index contributed by atoms with van der Waals surface area (Å²) in [4.78, 5) is 26.4. The Morgan fingerprint density at radius 2 is 2.16 bits per heavy atom. The van der Waals surface area contributed by atoms with Crippen LogP contribution in [0.2, 0.25) is 0 Å². The number of rotatable bonds is 4. The van der Waals surface area contributed by atoms with Gasteiger partial charge in [-0.2, -0.15) is 0 Å². The fraction of sp³-hybridized carbons (Fsp3) is 0.421. The van der Waals surface area contributed by atoms with Gasteiger partial charge in [-0.1, -0.05) is 23.4 Å². The molecule has 6 heteroatoms. The number of hydrogen-bond donors (Lipinski definition) is 1. The van der Waals surface area contributed by atoms with Gasteiger partial charge in [-0.05, 0) is 31.4 Å². The van der Waals surface area contributed by atoms with E-state index in [4.69, 9.17) is 4.52 Å². The Balaban J connectivity index is 1.28. The van der Waals surface area contributed by atoms with Gasteiger partial charge in [0.25, 0.3) is 0 Å². The van der Waals surface area contributed by atoms with Crippen molar-refractivity contribution >= 4 is 17.5 Å². The molecular weight excluding hydrogens is 318 g/mol. The molecule has 0 bridgehead atoms. The van der Waals surface area contributed by atoms with Crippen LogP contribution in [-0.4, -0.2) is 35.0 Å². The molecule has 1 aromatic carbocycles. The van der Waals surface area contributed by atoms with Crippen LogP contribution >= 0.6 is 0 Å². The summed E-state index contributed by atoms with van der Waals surface area (Å²) >= 11 is 0. The van der Waals surface area contributed by atoms with Gasteiger partial charge < -0.3 is 14.7 Å². The smallest absolute Gasteiger partial charge is 0.227 e. The van der Waals surface area contributed by atoms with Gasteiger partial charge in [-0.25, -0.2) is 0 Å². The Morgan fingerprint density at radius 3 is 2.92 bits per heavy atom. The third kappa shape index (κ3) is 3.16. The van der Waals surface area contributed by atoms with E-state index in [9.17, 15) is 9.59 Å². The average Bonchev–Trinajstić information content (AvgIpc) is 2.97. The molecule has 130 valence electrons. The van der Waals surface area contributed by atoms with Crippen LogP contribution in [0.3, 0.4) is 0 Å². The highest BCUT2D eigenvalue weighted by Crippen LogP contribution is 2.30. The molecule has 0 saturated carbocycles. The van der Waals surface area contributed by atoms with E-state index < -0.39 is 0 Å². The second-order valence-electron chi connectivity index (χ2n) is 6.94. The molecular formula is C19H21N3O3. The quantitative estimate of drug-likeness (QED) is 0.929. The van der Waals surface area contributed by atoms with Crippen molar-refractivity contribution in [3.8, 4) is 0 Å². The van der Waals surface area contributed by atoms with E-state index in [1.54, 1.807) is 0 Å². The normalized spacial score (nSPS) is 20.0. The molecule has 0 radical (unpaired) electrons. The Morgan fingerprint density at radius 1 is 1.36 bits per heavy atom. The molecule has 2 amide bonds. The first-order valence-corrected chi connectivity index (χ1v) is 8.70. The summed E-state index contributed by atoms with van der Waals surface area (Å²) in [5, 5.41) is 6.96. The maximum atomic E-state index is 12.4. The van der Waals surface area contributed by atoms with Crippen LogP contribution in [-0.2, 0) is 16.0 Å². The summed E-state index contributed by atoms with van der Waals surface area (Å²) in [6, 6.07) is 9.77. The Bertz CT molecular complexity index is 808. The van der Waals surface area contributed by atoms with Crippen LogP contribution in [0.15, 0.2) is 34.9 Å². The molecule has 25 heavy (non-hydrogen) atoms.